The van der Waals surface area contributed by atoms with Crippen molar-refractivity contribution in [3.8, 4) is 0 Å². The van der Waals surface area contributed by atoms with Crippen molar-refractivity contribution in [2.24, 2.45) is 5.73 Å². The number of benzene rings is 2. The average Bonchev–Trinajstić information content (AvgIpc) is 2.44. The molecule has 0 saturated heterocycles. The Morgan fingerprint density at radius 1 is 1.00 bits per heavy atom. The van der Waals surface area contributed by atoms with E-state index < -0.39 is 23.7 Å². The number of halogens is 3. The highest BCUT2D eigenvalue weighted by Crippen LogP contribution is 2.35. The van der Waals surface area contributed by atoms with Crippen molar-refractivity contribution in [1.29, 1.82) is 0 Å². The van der Waals surface area contributed by atoms with Gasteiger partial charge >= 0.3 is 0 Å². The summed E-state index contributed by atoms with van der Waals surface area (Å²) in [7, 11) is 0. The predicted octanol–water partition coefficient (Wildman–Crippen LogP) is 3.50. The lowest BCUT2D eigenvalue weighted by Crippen LogP contribution is -2.21. The summed E-state index contributed by atoms with van der Waals surface area (Å²) < 4.78 is 27.5. The predicted molar refractivity (Wildman–Crippen MR) is 77.3 cm³/mol. The van der Waals surface area contributed by atoms with Crippen LogP contribution in [0.3, 0.4) is 0 Å². The minimum Gasteiger partial charge on any atom is -0.388 e. The molecule has 0 aromatic heterocycles. The molecule has 3 N–H and O–H groups in total. The van der Waals surface area contributed by atoms with Crippen LogP contribution in [0.15, 0.2) is 46.9 Å². The van der Waals surface area contributed by atoms with Gasteiger partial charge in [-0.25, -0.2) is 8.78 Å². The lowest BCUT2D eigenvalue weighted by Gasteiger charge is -2.23. The quantitative estimate of drug-likeness (QED) is 0.893. The maximum atomic E-state index is 13.8. The Labute approximate surface area is 124 Å². The summed E-state index contributed by atoms with van der Waals surface area (Å²) in [4.78, 5) is 0. The first-order valence-electron chi connectivity index (χ1n) is 6.12. The second-order valence-corrected chi connectivity index (χ2v) is 5.24. The van der Waals surface area contributed by atoms with Crippen LogP contribution in [0.2, 0.25) is 0 Å². The zero-order chi connectivity index (χ0) is 14.7. The van der Waals surface area contributed by atoms with Crippen molar-refractivity contribution >= 4 is 15.9 Å². The van der Waals surface area contributed by atoms with E-state index >= 15 is 0 Å². The molecular formula is C15H14BrF2NO. The maximum absolute atomic E-state index is 13.8. The first kappa shape index (κ1) is 15.1. The Balaban J connectivity index is 2.42. The van der Waals surface area contributed by atoms with Crippen LogP contribution in [-0.2, 0) is 0 Å². The smallest absolute Gasteiger partial charge is 0.137 e. The van der Waals surface area contributed by atoms with Gasteiger partial charge in [-0.1, -0.05) is 30.3 Å². The normalized spacial score (nSPS) is 14.1. The van der Waals surface area contributed by atoms with E-state index in [2.05, 4.69) is 15.9 Å². The molecule has 2 rings (SSSR count). The van der Waals surface area contributed by atoms with Gasteiger partial charge in [0.2, 0.25) is 0 Å². The molecular weight excluding hydrogens is 328 g/mol. The lowest BCUT2D eigenvalue weighted by atomic mass is 9.89. The maximum Gasteiger partial charge on any atom is 0.137 e. The Morgan fingerprint density at radius 2 is 1.60 bits per heavy atom. The Kier molecular flexibility index (Phi) is 4.86. The largest absolute Gasteiger partial charge is 0.388 e. The molecule has 0 amide bonds. The van der Waals surface area contributed by atoms with Crippen LogP contribution in [0, 0.1) is 11.6 Å². The highest BCUT2D eigenvalue weighted by atomic mass is 79.9. The van der Waals surface area contributed by atoms with Gasteiger partial charge in [0.05, 0.1) is 10.6 Å². The number of rotatable bonds is 4. The summed E-state index contributed by atoms with van der Waals surface area (Å²) in [5, 5.41) is 10.4. The van der Waals surface area contributed by atoms with Crippen molar-refractivity contribution in [2.45, 2.75) is 12.0 Å². The second-order valence-electron chi connectivity index (χ2n) is 4.45. The van der Waals surface area contributed by atoms with Crippen molar-refractivity contribution in [1.82, 2.24) is 0 Å². The number of nitrogens with two attached hydrogens (primary N) is 1. The van der Waals surface area contributed by atoms with Gasteiger partial charge < -0.3 is 10.8 Å². The van der Waals surface area contributed by atoms with Gasteiger partial charge in [0, 0.05) is 12.5 Å². The molecule has 0 aliphatic carbocycles. The standard InChI is InChI=1S/C15H14BrF2NO/c16-14-10(5-3-7-13(14)18)15(20)11(8-19)9-4-1-2-6-12(9)17/h1-7,11,15,20H,8,19H2. The SMILES string of the molecule is NCC(c1ccccc1F)C(O)c1cccc(F)c1Br. The monoisotopic (exact) mass is 341 g/mol. The average molecular weight is 342 g/mol. The van der Waals surface area contributed by atoms with Gasteiger partial charge in [-0.15, -0.1) is 0 Å². The summed E-state index contributed by atoms with van der Waals surface area (Å²) in [5.74, 6) is -1.56. The van der Waals surface area contributed by atoms with Crippen LogP contribution in [0.4, 0.5) is 8.78 Å². The molecule has 0 fully saturated rings. The number of aliphatic hydroxyl groups is 1. The molecule has 0 saturated carbocycles. The fraction of sp³-hybridized carbons (Fsp3) is 0.200. The molecule has 0 aliphatic rings. The molecule has 2 nitrogen and oxygen atoms in total. The van der Waals surface area contributed by atoms with E-state index in [0.717, 1.165) is 0 Å². The number of hydrogen-bond donors (Lipinski definition) is 2. The van der Waals surface area contributed by atoms with Crippen molar-refractivity contribution < 1.29 is 13.9 Å². The van der Waals surface area contributed by atoms with Crippen molar-refractivity contribution in [3.05, 3.63) is 69.7 Å². The molecule has 2 aromatic carbocycles. The third-order valence-electron chi connectivity index (χ3n) is 3.24. The van der Waals surface area contributed by atoms with E-state index in [0.29, 0.717) is 11.1 Å². The van der Waals surface area contributed by atoms with Crippen LogP contribution in [0.1, 0.15) is 23.1 Å². The molecule has 0 radical (unpaired) electrons. The Hall–Kier alpha value is -1.30. The summed E-state index contributed by atoms with van der Waals surface area (Å²) in [5.41, 5.74) is 6.33. The molecule has 0 heterocycles. The molecule has 5 heteroatoms. The van der Waals surface area contributed by atoms with E-state index in [1.54, 1.807) is 24.3 Å². The summed E-state index contributed by atoms with van der Waals surface area (Å²) in [6, 6.07) is 10.5. The van der Waals surface area contributed by atoms with Crippen molar-refractivity contribution in [2.75, 3.05) is 6.54 Å². The summed E-state index contributed by atoms with van der Waals surface area (Å²) >= 11 is 3.10. The molecule has 2 atom stereocenters. The topological polar surface area (TPSA) is 46.2 Å². The fourth-order valence-electron chi connectivity index (χ4n) is 2.17. The van der Waals surface area contributed by atoms with Gasteiger partial charge in [-0.3, -0.25) is 0 Å². The number of hydrogen-bond acceptors (Lipinski definition) is 2. The molecule has 20 heavy (non-hydrogen) atoms. The van der Waals surface area contributed by atoms with E-state index in [1.165, 1.54) is 18.2 Å². The Morgan fingerprint density at radius 3 is 2.25 bits per heavy atom. The van der Waals surface area contributed by atoms with Crippen LogP contribution >= 0.6 is 15.9 Å². The molecule has 0 spiro atoms. The van der Waals surface area contributed by atoms with E-state index in [4.69, 9.17) is 5.73 Å². The zero-order valence-electron chi connectivity index (χ0n) is 10.6. The van der Waals surface area contributed by atoms with Crippen molar-refractivity contribution in [3.63, 3.8) is 0 Å². The molecule has 2 aromatic rings. The van der Waals surface area contributed by atoms with Gasteiger partial charge in [0.15, 0.2) is 0 Å². The minimum absolute atomic E-state index is 0.0467. The van der Waals surface area contributed by atoms with Crippen LogP contribution in [0.25, 0.3) is 0 Å². The van der Waals surface area contributed by atoms with Gasteiger partial charge in [-0.05, 0) is 39.2 Å². The summed E-state index contributed by atoms with van der Waals surface area (Å²) in [6.45, 7) is 0.0467. The lowest BCUT2D eigenvalue weighted by molar-refractivity contribution is 0.144. The molecule has 0 aliphatic heterocycles. The first-order chi connectivity index (χ1) is 9.56. The van der Waals surface area contributed by atoms with Crippen LogP contribution < -0.4 is 5.73 Å². The Bertz CT molecular complexity index is 606. The van der Waals surface area contributed by atoms with Crippen LogP contribution in [0.5, 0.6) is 0 Å². The first-order valence-corrected chi connectivity index (χ1v) is 6.92. The van der Waals surface area contributed by atoms with Gasteiger partial charge in [-0.2, -0.15) is 0 Å². The third kappa shape index (κ3) is 2.90. The highest BCUT2D eigenvalue weighted by Gasteiger charge is 2.26. The van der Waals surface area contributed by atoms with E-state index in [-0.39, 0.29) is 11.0 Å². The second kappa shape index (κ2) is 6.43. The van der Waals surface area contributed by atoms with Gasteiger partial charge in [0.1, 0.15) is 11.6 Å². The summed E-state index contributed by atoms with van der Waals surface area (Å²) in [6.07, 6.45) is -1.10. The third-order valence-corrected chi connectivity index (χ3v) is 4.08. The zero-order valence-corrected chi connectivity index (χ0v) is 12.1. The molecule has 0 bridgehead atoms. The number of aliphatic hydroxyl groups excluding tert-OH is 1. The van der Waals surface area contributed by atoms with E-state index in [9.17, 15) is 13.9 Å². The fourth-order valence-corrected chi connectivity index (χ4v) is 2.67. The van der Waals surface area contributed by atoms with Gasteiger partial charge in [0.25, 0.3) is 0 Å². The molecule has 106 valence electrons. The minimum atomic E-state index is -1.10. The highest BCUT2D eigenvalue weighted by molar-refractivity contribution is 9.10. The molecule has 2 unspecified atom stereocenters. The van der Waals surface area contributed by atoms with E-state index in [1.807, 2.05) is 0 Å². The van der Waals surface area contributed by atoms with Crippen LogP contribution in [-0.4, -0.2) is 11.7 Å².